The van der Waals surface area contributed by atoms with Gasteiger partial charge >= 0.3 is 0 Å². The summed E-state index contributed by atoms with van der Waals surface area (Å²) in [5, 5.41) is 0. The Morgan fingerprint density at radius 3 is 2.88 bits per heavy atom. The molecule has 0 fully saturated rings. The van der Waals surface area contributed by atoms with Crippen LogP contribution >= 0.6 is 12.2 Å². The second-order valence-electron chi connectivity index (χ2n) is 4.56. The third-order valence-corrected chi connectivity index (χ3v) is 3.07. The van der Waals surface area contributed by atoms with Gasteiger partial charge in [-0.3, -0.25) is 0 Å². The molecule has 2 rings (SSSR count). The van der Waals surface area contributed by atoms with Gasteiger partial charge in [-0.1, -0.05) is 0 Å². The first-order valence-corrected chi connectivity index (χ1v) is 6.19. The van der Waals surface area contributed by atoms with Crippen LogP contribution in [0.4, 0.5) is 0 Å². The highest BCUT2D eigenvalue weighted by Crippen LogP contribution is 2.12. The highest BCUT2D eigenvalue weighted by atomic mass is 32.1. The van der Waals surface area contributed by atoms with Crippen molar-refractivity contribution in [2.75, 3.05) is 20.6 Å². The van der Waals surface area contributed by atoms with E-state index in [4.69, 9.17) is 12.2 Å². The fourth-order valence-corrected chi connectivity index (χ4v) is 2.17. The van der Waals surface area contributed by atoms with Gasteiger partial charge in [-0.05, 0) is 58.3 Å². The zero-order valence-corrected chi connectivity index (χ0v) is 11.3. The molecule has 0 aliphatic heterocycles. The van der Waals surface area contributed by atoms with Crippen molar-refractivity contribution in [2.45, 2.75) is 19.9 Å². The lowest BCUT2D eigenvalue weighted by molar-refractivity contribution is 0.387. The molecule has 4 nitrogen and oxygen atoms in total. The molecule has 0 amide bonds. The van der Waals surface area contributed by atoms with Crippen molar-refractivity contribution >= 4 is 23.4 Å². The van der Waals surface area contributed by atoms with Gasteiger partial charge in [0.1, 0.15) is 0 Å². The minimum absolute atomic E-state index is 0.761. The topological polar surface area (TPSA) is 36.9 Å². The fourth-order valence-electron chi connectivity index (χ4n) is 1.88. The summed E-state index contributed by atoms with van der Waals surface area (Å²) in [6, 6.07) is 4.04. The summed E-state index contributed by atoms with van der Waals surface area (Å²) in [5.41, 5.74) is 3.01. The molecular formula is C12H18N4S. The van der Waals surface area contributed by atoms with Crippen molar-refractivity contribution in [2.24, 2.45) is 0 Å². The number of H-pyrrole nitrogens is 1. The normalized spacial score (nSPS) is 11.5. The van der Waals surface area contributed by atoms with Gasteiger partial charge in [-0.15, -0.1) is 0 Å². The molecule has 2 heterocycles. The highest BCUT2D eigenvalue weighted by molar-refractivity contribution is 7.71. The molecule has 0 spiro atoms. The van der Waals surface area contributed by atoms with Gasteiger partial charge < -0.3 is 14.5 Å². The molecule has 0 unspecified atom stereocenters. The number of aryl methyl sites for hydroxylation is 2. The van der Waals surface area contributed by atoms with E-state index in [2.05, 4.69) is 33.5 Å². The Morgan fingerprint density at radius 2 is 2.18 bits per heavy atom. The summed E-state index contributed by atoms with van der Waals surface area (Å²) < 4.78 is 2.85. The van der Waals surface area contributed by atoms with Crippen molar-refractivity contribution in [1.82, 2.24) is 19.4 Å². The molecule has 0 radical (unpaired) electrons. The number of pyridine rings is 1. The van der Waals surface area contributed by atoms with Crippen LogP contribution in [-0.2, 0) is 6.54 Å². The quantitative estimate of drug-likeness (QED) is 0.846. The Bertz CT molecular complexity index is 567. The first kappa shape index (κ1) is 12.3. The lowest BCUT2D eigenvalue weighted by atomic mass is 10.3. The number of hydrogen-bond acceptors (Lipinski definition) is 3. The monoisotopic (exact) mass is 250 g/mol. The van der Waals surface area contributed by atoms with Crippen LogP contribution in [0.1, 0.15) is 12.1 Å². The number of hydrogen-bond donors (Lipinski definition) is 1. The number of fused-ring (bicyclic) bond motifs is 1. The van der Waals surface area contributed by atoms with Gasteiger partial charge in [-0.25, -0.2) is 4.98 Å². The SMILES string of the molecule is Cc1ccc2[nH]c(=S)n(CCCN(C)C)c2n1. The molecule has 17 heavy (non-hydrogen) atoms. The third-order valence-electron chi connectivity index (χ3n) is 2.74. The van der Waals surface area contributed by atoms with Crippen LogP contribution in [0.15, 0.2) is 12.1 Å². The molecule has 0 atom stereocenters. The Hall–Kier alpha value is -1.20. The first-order chi connectivity index (χ1) is 8.08. The van der Waals surface area contributed by atoms with Gasteiger partial charge in [0.2, 0.25) is 0 Å². The first-order valence-electron chi connectivity index (χ1n) is 5.79. The highest BCUT2D eigenvalue weighted by Gasteiger charge is 2.05. The number of nitrogens with zero attached hydrogens (tertiary/aromatic N) is 3. The average Bonchev–Trinajstić information content (AvgIpc) is 2.55. The van der Waals surface area contributed by atoms with E-state index in [0.717, 1.165) is 41.1 Å². The van der Waals surface area contributed by atoms with Crippen molar-refractivity contribution in [3.63, 3.8) is 0 Å². The second kappa shape index (κ2) is 4.98. The number of imidazole rings is 1. The lowest BCUT2D eigenvalue weighted by Crippen LogP contribution is -2.15. The van der Waals surface area contributed by atoms with E-state index in [1.165, 1.54) is 0 Å². The molecule has 0 aromatic carbocycles. The van der Waals surface area contributed by atoms with Gasteiger partial charge in [0.15, 0.2) is 10.4 Å². The Morgan fingerprint density at radius 1 is 1.41 bits per heavy atom. The van der Waals surface area contributed by atoms with Crippen LogP contribution in [0.5, 0.6) is 0 Å². The minimum atomic E-state index is 0.761. The maximum absolute atomic E-state index is 5.33. The minimum Gasteiger partial charge on any atom is -0.329 e. The van der Waals surface area contributed by atoms with Gasteiger partial charge in [0.25, 0.3) is 0 Å². The number of nitrogens with one attached hydrogen (secondary N) is 1. The molecule has 5 heteroatoms. The summed E-state index contributed by atoms with van der Waals surface area (Å²) >= 11 is 5.33. The summed E-state index contributed by atoms with van der Waals surface area (Å²) in [5.74, 6) is 0. The van der Waals surface area contributed by atoms with Gasteiger partial charge in [0.05, 0.1) is 5.52 Å². The lowest BCUT2D eigenvalue weighted by Gasteiger charge is -2.09. The summed E-state index contributed by atoms with van der Waals surface area (Å²) in [7, 11) is 4.16. The molecule has 1 N–H and O–H groups in total. The molecular weight excluding hydrogens is 232 g/mol. The molecule has 0 aliphatic carbocycles. The standard InChI is InChI=1S/C12H18N4S/c1-9-5-6-10-11(13-9)16(12(17)14-10)8-4-7-15(2)3/h5-6H,4,7-8H2,1-3H3,(H,14,17). The predicted molar refractivity (Wildman–Crippen MR) is 72.8 cm³/mol. The Kier molecular flexibility index (Phi) is 3.59. The van der Waals surface area contributed by atoms with Crippen molar-refractivity contribution in [3.8, 4) is 0 Å². The van der Waals surface area contributed by atoms with Crippen molar-refractivity contribution in [3.05, 3.63) is 22.6 Å². The zero-order chi connectivity index (χ0) is 12.4. The Balaban J connectivity index is 2.29. The molecule has 2 aromatic heterocycles. The molecule has 0 aliphatic rings. The van der Waals surface area contributed by atoms with Crippen LogP contribution in [-0.4, -0.2) is 40.1 Å². The summed E-state index contributed by atoms with van der Waals surface area (Å²) in [4.78, 5) is 9.92. The molecule has 0 saturated heterocycles. The zero-order valence-electron chi connectivity index (χ0n) is 10.5. The summed E-state index contributed by atoms with van der Waals surface area (Å²) in [6.45, 7) is 3.97. The molecule has 0 bridgehead atoms. The third kappa shape index (κ3) is 2.73. The molecule has 2 aromatic rings. The van der Waals surface area contributed by atoms with Gasteiger partial charge in [-0.2, -0.15) is 0 Å². The Labute approximate surface area is 106 Å². The number of aromatic nitrogens is 3. The predicted octanol–water partition coefficient (Wildman–Crippen LogP) is 2.35. The molecule has 92 valence electrons. The fraction of sp³-hybridized carbons (Fsp3) is 0.500. The van der Waals surface area contributed by atoms with E-state index in [1.54, 1.807) is 0 Å². The largest absolute Gasteiger partial charge is 0.329 e. The van der Waals surface area contributed by atoms with E-state index >= 15 is 0 Å². The van der Waals surface area contributed by atoms with Crippen LogP contribution in [0.2, 0.25) is 0 Å². The van der Waals surface area contributed by atoms with E-state index in [9.17, 15) is 0 Å². The van der Waals surface area contributed by atoms with Crippen molar-refractivity contribution < 1.29 is 0 Å². The van der Waals surface area contributed by atoms with E-state index < -0.39 is 0 Å². The number of aromatic amines is 1. The van der Waals surface area contributed by atoms with E-state index in [0.29, 0.717) is 0 Å². The summed E-state index contributed by atoms with van der Waals surface area (Å²) in [6.07, 6.45) is 1.07. The van der Waals surface area contributed by atoms with Crippen LogP contribution < -0.4 is 0 Å². The maximum atomic E-state index is 5.33. The van der Waals surface area contributed by atoms with Crippen LogP contribution in [0.25, 0.3) is 11.2 Å². The van der Waals surface area contributed by atoms with Gasteiger partial charge in [0, 0.05) is 12.2 Å². The van der Waals surface area contributed by atoms with Crippen LogP contribution in [0, 0.1) is 11.7 Å². The van der Waals surface area contributed by atoms with Crippen molar-refractivity contribution in [1.29, 1.82) is 0 Å². The maximum Gasteiger partial charge on any atom is 0.179 e. The van der Waals surface area contributed by atoms with E-state index in [1.807, 2.05) is 19.1 Å². The van der Waals surface area contributed by atoms with E-state index in [-0.39, 0.29) is 0 Å². The average molecular weight is 250 g/mol. The second-order valence-corrected chi connectivity index (χ2v) is 4.95. The number of rotatable bonds is 4. The smallest absolute Gasteiger partial charge is 0.179 e. The van der Waals surface area contributed by atoms with Crippen LogP contribution in [0.3, 0.4) is 0 Å². The molecule has 0 saturated carbocycles.